The highest BCUT2D eigenvalue weighted by Crippen LogP contribution is 2.40. The molecular formula is C28H31N7O. The van der Waals surface area contributed by atoms with Crippen molar-refractivity contribution in [2.24, 2.45) is 0 Å². The lowest BCUT2D eigenvalue weighted by atomic mass is 9.86. The van der Waals surface area contributed by atoms with Crippen LogP contribution in [0.4, 0.5) is 17.2 Å². The van der Waals surface area contributed by atoms with Gasteiger partial charge in [-0.3, -0.25) is 4.90 Å². The molecule has 1 aromatic carbocycles. The third-order valence-corrected chi connectivity index (χ3v) is 7.52. The average Bonchev–Trinajstić information content (AvgIpc) is 2.90. The molecule has 4 fully saturated rings. The lowest BCUT2D eigenvalue weighted by Crippen LogP contribution is -2.69. The van der Waals surface area contributed by atoms with Crippen LogP contribution >= 0.6 is 0 Å². The van der Waals surface area contributed by atoms with E-state index < -0.39 is 0 Å². The van der Waals surface area contributed by atoms with Gasteiger partial charge in [0.1, 0.15) is 11.4 Å². The van der Waals surface area contributed by atoms with Crippen LogP contribution in [0.25, 0.3) is 11.3 Å². The van der Waals surface area contributed by atoms with Gasteiger partial charge in [-0.2, -0.15) is 0 Å². The Balaban J connectivity index is 1.15. The van der Waals surface area contributed by atoms with Gasteiger partial charge in [-0.15, -0.1) is 10.2 Å². The number of benzene rings is 1. The molecule has 4 saturated heterocycles. The van der Waals surface area contributed by atoms with E-state index in [0.29, 0.717) is 29.2 Å². The van der Waals surface area contributed by atoms with Crippen molar-refractivity contribution in [3.05, 3.63) is 54.4 Å². The van der Waals surface area contributed by atoms with Crippen LogP contribution in [0, 0.1) is 11.8 Å². The third-order valence-electron chi connectivity index (χ3n) is 7.52. The number of para-hydroxylation sites is 1. The Hall–Kier alpha value is -3.83. The minimum Gasteiger partial charge on any atom is -0.507 e. The third kappa shape index (κ3) is 4.42. The molecule has 0 amide bonds. The summed E-state index contributed by atoms with van der Waals surface area (Å²) in [6.45, 7) is 4.83. The van der Waals surface area contributed by atoms with Crippen LogP contribution in [0.15, 0.2) is 48.7 Å². The number of aromatic nitrogens is 3. The number of hydrogen-bond acceptors (Lipinski definition) is 8. The van der Waals surface area contributed by atoms with Crippen molar-refractivity contribution < 1.29 is 5.11 Å². The number of pyridine rings is 1. The van der Waals surface area contributed by atoms with Crippen LogP contribution in [-0.2, 0) is 0 Å². The number of likely N-dealkylation sites (tertiary alicyclic amines) is 1. The summed E-state index contributed by atoms with van der Waals surface area (Å²) in [5.41, 5.74) is 10.4. The number of hydrogen-bond donors (Lipinski definition) is 2. The fraction of sp³-hybridized carbons (Fsp3) is 0.393. The van der Waals surface area contributed by atoms with E-state index in [9.17, 15) is 5.11 Å². The Labute approximate surface area is 211 Å². The number of nitrogens with two attached hydrogens (primary N) is 1. The highest BCUT2D eigenvalue weighted by molar-refractivity contribution is 5.74. The zero-order valence-corrected chi connectivity index (χ0v) is 20.3. The van der Waals surface area contributed by atoms with E-state index in [2.05, 4.69) is 53.9 Å². The van der Waals surface area contributed by atoms with Crippen molar-refractivity contribution in [3.8, 4) is 28.8 Å². The molecular weight excluding hydrogens is 450 g/mol. The highest BCUT2D eigenvalue weighted by atomic mass is 16.3. The summed E-state index contributed by atoms with van der Waals surface area (Å²) in [7, 11) is 0. The predicted octanol–water partition coefficient (Wildman–Crippen LogP) is 3.13. The minimum absolute atomic E-state index is 0.183. The number of phenols is 1. The molecule has 6 heterocycles. The van der Waals surface area contributed by atoms with Crippen LogP contribution < -0.4 is 15.5 Å². The van der Waals surface area contributed by atoms with Gasteiger partial charge in [-0.05, 0) is 68.6 Å². The topological polar surface area (TPSA) is 94.6 Å². The van der Waals surface area contributed by atoms with Gasteiger partial charge in [0.25, 0.3) is 0 Å². The largest absolute Gasteiger partial charge is 0.507 e. The number of piperidine rings is 2. The molecule has 0 radical (unpaired) electrons. The molecule has 7 rings (SSSR count). The standard InChI is InChI=1S/C28H31N7O/c29-28-26(17-25(31-32-28)24-8-2-3-9-27(24)36)34-18-22-16-23(19-34)35(22)21-10-11-30-20(15-21)7-6-14-33-12-4-1-5-13-33/h2-3,8-11,15,17,22-23,36H,1,4-5,12-14,16,18-19H2,(H2,29,32). The van der Waals surface area contributed by atoms with E-state index >= 15 is 0 Å². The molecule has 2 bridgehead atoms. The van der Waals surface area contributed by atoms with E-state index in [1.165, 1.54) is 24.9 Å². The zero-order valence-electron chi connectivity index (χ0n) is 20.3. The molecule has 0 aliphatic carbocycles. The number of nitrogen functional groups attached to an aromatic ring is 1. The maximum atomic E-state index is 10.3. The molecule has 2 unspecified atom stereocenters. The number of anilines is 3. The summed E-state index contributed by atoms with van der Waals surface area (Å²) in [6, 6.07) is 14.1. The second-order valence-electron chi connectivity index (χ2n) is 9.91. The Bertz CT molecular complexity index is 1300. The number of aromatic hydroxyl groups is 1. The first-order valence-corrected chi connectivity index (χ1v) is 12.8. The number of rotatable bonds is 4. The monoisotopic (exact) mass is 481 g/mol. The quantitative estimate of drug-likeness (QED) is 0.549. The van der Waals surface area contributed by atoms with Crippen molar-refractivity contribution in [1.29, 1.82) is 0 Å². The number of fused-ring (bicyclic) bond motifs is 2. The summed E-state index contributed by atoms with van der Waals surface area (Å²) < 4.78 is 0. The van der Waals surface area contributed by atoms with Gasteiger partial charge in [0, 0.05) is 42.6 Å². The van der Waals surface area contributed by atoms with Gasteiger partial charge in [0.2, 0.25) is 0 Å². The molecule has 3 aromatic rings. The molecule has 0 spiro atoms. The van der Waals surface area contributed by atoms with E-state index in [0.717, 1.165) is 50.5 Å². The first kappa shape index (κ1) is 22.6. The summed E-state index contributed by atoms with van der Waals surface area (Å²) in [4.78, 5) is 11.7. The van der Waals surface area contributed by atoms with Crippen LogP contribution in [0.2, 0.25) is 0 Å². The van der Waals surface area contributed by atoms with Crippen molar-refractivity contribution in [1.82, 2.24) is 20.1 Å². The Morgan fingerprint density at radius 2 is 1.81 bits per heavy atom. The van der Waals surface area contributed by atoms with Crippen molar-refractivity contribution in [2.75, 3.05) is 48.3 Å². The van der Waals surface area contributed by atoms with Crippen LogP contribution in [0.3, 0.4) is 0 Å². The van der Waals surface area contributed by atoms with Crippen molar-refractivity contribution in [2.45, 2.75) is 37.8 Å². The highest BCUT2D eigenvalue weighted by Gasteiger charge is 2.45. The van der Waals surface area contributed by atoms with Gasteiger partial charge in [0.05, 0.1) is 17.9 Å². The Morgan fingerprint density at radius 3 is 2.61 bits per heavy atom. The minimum atomic E-state index is 0.183. The molecule has 184 valence electrons. The summed E-state index contributed by atoms with van der Waals surface area (Å²) in [5, 5.41) is 18.7. The molecule has 4 aliphatic rings. The van der Waals surface area contributed by atoms with Gasteiger partial charge >= 0.3 is 0 Å². The summed E-state index contributed by atoms with van der Waals surface area (Å²) in [6.07, 6.45) is 6.92. The van der Waals surface area contributed by atoms with Gasteiger partial charge in [-0.25, -0.2) is 4.98 Å². The number of phenolic OH excluding ortho intramolecular Hbond substituents is 1. The van der Waals surface area contributed by atoms with Crippen molar-refractivity contribution in [3.63, 3.8) is 0 Å². The van der Waals surface area contributed by atoms with Gasteiger partial charge in [0.15, 0.2) is 5.82 Å². The Kier molecular flexibility index (Phi) is 6.08. The second kappa shape index (κ2) is 9.67. The van der Waals surface area contributed by atoms with Gasteiger partial charge < -0.3 is 20.6 Å². The van der Waals surface area contributed by atoms with Crippen molar-refractivity contribution >= 4 is 17.2 Å². The predicted molar refractivity (Wildman–Crippen MR) is 142 cm³/mol. The molecule has 2 atom stereocenters. The summed E-state index contributed by atoms with van der Waals surface area (Å²) in [5.74, 6) is 7.20. The lowest BCUT2D eigenvalue weighted by Gasteiger charge is -2.58. The molecule has 8 heteroatoms. The van der Waals surface area contributed by atoms with Crippen LogP contribution in [0.5, 0.6) is 5.75 Å². The maximum absolute atomic E-state index is 10.3. The first-order chi connectivity index (χ1) is 17.7. The molecule has 3 N–H and O–H groups in total. The fourth-order valence-corrected chi connectivity index (χ4v) is 5.70. The number of nitrogens with zero attached hydrogens (tertiary/aromatic N) is 6. The Morgan fingerprint density at radius 1 is 1.00 bits per heavy atom. The fourth-order valence-electron chi connectivity index (χ4n) is 5.70. The lowest BCUT2D eigenvalue weighted by molar-refractivity contribution is 0.255. The molecule has 8 nitrogen and oxygen atoms in total. The molecule has 2 aromatic heterocycles. The molecule has 0 saturated carbocycles. The molecule has 36 heavy (non-hydrogen) atoms. The zero-order chi connectivity index (χ0) is 24.5. The first-order valence-electron chi connectivity index (χ1n) is 12.8. The van der Waals surface area contributed by atoms with E-state index in [-0.39, 0.29) is 5.75 Å². The maximum Gasteiger partial charge on any atom is 0.169 e. The number of piperazine rings is 1. The van der Waals surface area contributed by atoms with Gasteiger partial charge in [-0.1, -0.05) is 24.5 Å². The van der Waals surface area contributed by atoms with E-state index in [1.807, 2.05) is 24.4 Å². The normalized spacial score (nSPS) is 21.4. The van der Waals surface area contributed by atoms with Crippen LogP contribution in [-0.4, -0.2) is 70.0 Å². The summed E-state index contributed by atoms with van der Waals surface area (Å²) >= 11 is 0. The molecule has 4 aliphatic heterocycles. The average molecular weight is 482 g/mol. The van der Waals surface area contributed by atoms with Crippen LogP contribution in [0.1, 0.15) is 31.4 Å². The van der Waals surface area contributed by atoms with E-state index in [1.54, 1.807) is 12.1 Å². The van der Waals surface area contributed by atoms with E-state index in [4.69, 9.17) is 5.73 Å². The SMILES string of the molecule is Nc1nnc(-c2ccccc2O)cc1N1CC2CC(C1)N2c1ccnc(C#CCN2CCCCC2)c1. The second-order valence-corrected chi connectivity index (χ2v) is 9.91. The smallest absolute Gasteiger partial charge is 0.169 e.